The van der Waals surface area contributed by atoms with Gasteiger partial charge in [-0.15, -0.1) is 11.6 Å². The lowest BCUT2D eigenvalue weighted by atomic mass is 9.70. The van der Waals surface area contributed by atoms with Crippen molar-refractivity contribution in [1.82, 2.24) is 19.8 Å². The first-order valence-electron chi connectivity index (χ1n) is 15.7. The summed E-state index contributed by atoms with van der Waals surface area (Å²) in [5.41, 5.74) is 1.29. The van der Waals surface area contributed by atoms with Gasteiger partial charge in [0, 0.05) is 53.2 Å². The molecule has 3 saturated heterocycles. The van der Waals surface area contributed by atoms with Crippen LogP contribution in [0.5, 0.6) is 0 Å². The highest BCUT2D eigenvalue weighted by Crippen LogP contribution is 2.48. The van der Waals surface area contributed by atoms with Gasteiger partial charge in [-0.2, -0.15) is 24.9 Å². The molecule has 6 rings (SSSR count). The second-order valence-corrected chi connectivity index (χ2v) is 15.2. The fraction of sp³-hybridized carbons (Fsp3) is 0.833. The Morgan fingerprint density at radius 3 is 2.70 bits per heavy atom. The van der Waals surface area contributed by atoms with Gasteiger partial charge in [-0.1, -0.05) is 0 Å². The van der Waals surface area contributed by atoms with E-state index < -0.39 is 24.0 Å². The van der Waals surface area contributed by atoms with Crippen LogP contribution in [0, 0.1) is 30.6 Å². The molecule has 5 aliphatic rings. The number of aryl methyl sites for hydroxylation is 2. The maximum atomic E-state index is 13.6. The summed E-state index contributed by atoms with van der Waals surface area (Å²) in [7, 11) is 0. The van der Waals surface area contributed by atoms with Crippen molar-refractivity contribution in [3.05, 3.63) is 27.4 Å². The minimum Gasteiger partial charge on any atom is -0.481 e. The van der Waals surface area contributed by atoms with Crippen molar-refractivity contribution < 1.29 is 27.8 Å². The Hall–Kier alpha value is -1.34. The molecule has 4 fully saturated rings. The number of carboxylic acids is 1. The predicted molar refractivity (Wildman–Crippen MR) is 159 cm³/mol. The van der Waals surface area contributed by atoms with Crippen LogP contribution in [0.3, 0.4) is 0 Å². The molecule has 3 aliphatic heterocycles. The normalized spacial score (nSPS) is 37.0. The molecule has 4 heterocycles. The van der Waals surface area contributed by atoms with Gasteiger partial charge in [0.15, 0.2) is 0 Å². The molecule has 2 aliphatic carbocycles. The Balaban J connectivity index is 1.11. The van der Waals surface area contributed by atoms with Crippen molar-refractivity contribution in [3.8, 4) is 0 Å². The topological polar surface area (TPSA) is 96.7 Å². The molecule has 43 heavy (non-hydrogen) atoms. The highest BCUT2D eigenvalue weighted by Gasteiger charge is 2.52. The highest BCUT2D eigenvalue weighted by atomic mass is 35.5. The lowest BCUT2D eigenvalue weighted by Crippen LogP contribution is -2.58. The molecule has 1 saturated carbocycles. The smallest absolute Gasteiger partial charge is 0.394 e. The number of halogens is 4. The van der Waals surface area contributed by atoms with Gasteiger partial charge in [0.2, 0.25) is 0 Å². The monoisotopic (exact) mass is 646 g/mol. The Labute approximate surface area is 259 Å². The zero-order valence-corrected chi connectivity index (χ0v) is 26.3. The van der Waals surface area contributed by atoms with Crippen molar-refractivity contribution in [2.75, 3.05) is 25.4 Å². The molecular formula is C30H42ClF3N4O4S. The molecule has 8 nitrogen and oxygen atoms in total. The first-order chi connectivity index (χ1) is 20.4. The number of aliphatic carboxylic acids is 1. The number of rotatable bonds is 7. The average molecular weight is 647 g/mol. The number of fused-ring (bicyclic) bond motifs is 2. The van der Waals surface area contributed by atoms with Gasteiger partial charge in [0.25, 0.3) is 5.56 Å². The number of carbonyl (C=O) groups is 1. The molecule has 0 aromatic carbocycles. The molecule has 0 bridgehead atoms. The van der Waals surface area contributed by atoms with E-state index in [2.05, 4.69) is 12.2 Å². The fourth-order valence-corrected chi connectivity index (χ4v) is 10.5. The second-order valence-electron chi connectivity index (χ2n) is 13.3. The lowest BCUT2D eigenvalue weighted by Gasteiger charge is -2.47. The predicted octanol–water partition coefficient (Wildman–Crippen LogP) is 3.88. The summed E-state index contributed by atoms with van der Waals surface area (Å²) < 4.78 is 47.3. The van der Waals surface area contributed by atoms with Crippen LogP contribution in [0.25, 0.3) is 0 Å². The van der Waals surface area contributed by atoms with Crippen LogP contribution in [0.15, 0.2) is 4.79 Å². The van der Waals surface area contributed by atoms with Crippen molar-refractivity contribution in [1.29, 1.82) is 0 Å². The van der Waals surface area contributed by atoms with Crippen LogP contribution >= 0.6 is 23.4 Å². The Bertz CT molecular complexity index is 1260. The second kappa shape index (κ2) is 12.5. The van der Waals surface area contributed by atoms with E-state index in [0.29, 0.717) is 55.5 Å². The number of ether oxygens (including phenoxy) is 1. The van der Waals surface area contributed by atoms with Crippen LogP contribution < -0.4 is 10.9 Å². The minimum absolute atomic E-state index is 0.00342. The molecule has 9 atom stereocenters. The van der Waals surface area contributed by atoms with Crippen LogP contribution in [-0.4, -0.2) is 92.0 Å². The summed E-state index contributed by atoms with van der Waals surface area (Å²) in [6.07, 6.45) is 1.02. The molecule has 0 spiro atoms. The largest absolute Gasteiger partial charge is 0.481 e. The van der Waals surface area contributed by atoms with E-state index in [1.807, 2.05) is 11.8 Å². The van der Waals surface area contributed by atoms with Gasteiger partial charge in [0.1, 0.15) is 5.82 Å². The van der Waals surface area contributed by atoms with Crippen LogP contribution in [0.1, 0.15) is 56.1 Å². The number of alkyl halides is 4. The van der Waals surface area contributed by atoms with Crippen LogP contribution in [-0.2, 0) is 28.9 Å². The summed E-state index contributed by atoms with van der Waals surface area (Å²) in [6.45, 7) is 4.66. The number of hydrogen-bond donors (Lipinski definition) is 2. The van der Waals surface area contributed by atoms with Crippen molar-refractivity contribution in [2.24, 2.45) is 23.7 Å². The minimum atomic E-state index is -4.17. The van der Waals surface area contributed by atoms with Crippen molar-refractivity contribution in [3.63, 3.8) is 0 Å². The van der Waals surface area contributed by atoms with Gasteiger partial charge >= 0.3 is 12.1 Å². The van der Waals surface area contributed by atoms with Crippen molar-refractivity contribution >= 4 is 29.3 Å². The third kappa shape index (κ3) is 6.37. The number of nitrogens with zero attached hydrogens (tertiary/aromatic N) is 3. The molecule has 0 radical (unpaired) electrons. The summed E-state index contributed by atoms with van der Waals surface area (Å²) in [6, 6.07) is 0.0881. The molecule has 13 heteroatoms. The lowest BCUT2D eigenvalue weighted by molar-refractivity contribution is -0.214. The van der Waals surface area contributed by atoms with Crippen LogP contribution in [0.2, 0.25) is 0 Å². The summed E-state index contributed by atoms with van der Waals surface area (Å²) in [4.78, 5) is 32.1. The van der Waals surface area contributed by atoms with Crippen LogP contribution in [0.4, 0.5) is 13.2 Å². The molecule has 240 valence electrons. The van der Waals surface area contributed by atoms with E-state index in [9.17, 15) is 27.9 Å². The molecule has 2 N–H and O–H groups in total. The molecule has 0 amide bonds. The first kappa shape index (κ1) is 31.6. The van der Waals surface area contributed by atoms with E-state index in [4.69, 9.17) is 21.3 Å². The van der Waals surface area contributed by atoms with Gasteiger partial charge in [-0.3, -0.25) is 19.1 Å². The summed E-state index contributed by atoms with van der Waals surface area (Å²) in [5, 5.41) is 13.6. The maximum Gasteiger partial charge on any atom is 0.394 e. The summed E-state index contributed by atoms with van der Waals surface area (Å²) >= 11 is 8.45. The number of hydrogen-bond acceptors (Lipinski definition) is 7. The highest BCUT2D eigenvalue weighted by molar-refractivity contribution is 8.00. The van der Waals surface area contributed by atoms with Gasteiger partial charge in [-0.25, -0.2) is 4.98 Å². The van der Waals surface area contributed by atoms with E-state index >= 15 is 0 Å². The number of carboxylic acid groups (broad SMARTS) is 1. The van der Waals surface area contributed by atoms with Gasteiger partial charge in [0.05, 0.1) is 36.8 Å². The average Bonchev–Trinajstić information content (AvgIpc) is 3.33. The molecule has 1 aromatic rings. The van der Waals surface area contributed by atoms with E-state index in [1.54, 1.807) is 16.3 Å². The molecule has 9 unspecified atom stereocenters. The zero-order valence-electron chi connectivity index (χ0n) is 24.7. The quantitative estimate of drug-likeness (QED) is 0.431. The van der Waals surface area contributed by atoms with Gasteiger partial charge < -0.3 is 15.2 Å². The number of nitrogens with one attached hydrogen (secondary N) is 1. The van der Waals surface area contributed by atoms with Gasteiger partial charge in [-0.05, 0) is 70.6 Å². The number of likely N-dealkylation sites (tertiary alicyclic amines) is 1. The molecule has 1 aromatic heterocycles. The third-order valence-electron chi connectivity index (χ3n) is 10.6. The number of piperidine rings is 1. The fourth-order valence-electron chi connectivity index (χ4n) is 8.31. The number of thioether (sulfide) groups is 1. The summed E-state index contributed by atoms with van der Waals surface area (Å²) in [5.74, 6) is -0.663. The Morgan fingerprint density at radius 2 is 1.98 bits per heavy atom. The Morgan fingerprint density at radius 1 is 1.21 bits per heavy atom. The SMILES string of the molecule is Cc1nc2c(c(=O)n1CCOC1CCC(Cl)CC1C1CC(C)NC3C(C(=O)O)CSC13)CC(N1CC(C(F)(F)F)C1)CC2. The maximum absolute atomic E-state index is 13.6. The third-order valence-corrected chi connectivity index (χ3v) is 12.6. The van der Waals surface area contributed by atoms with E-state index in [0.717, 1.165) is 31.4 Å². The first-order valence-corrected chi connectivity index (χ1v) is 17.1. The molecular weight excluding hydrogens is 605 g/mol. The van der Waals surface area contributed by atoms with Crippen molar-refractivity contribution in [2.45, 2.75) is 106 Å². The zero-order chi connectivity index (χ0) is 30.6. The standard InChI is InChI=1S/C30H42ClF3N4O4S/c1-15-9-21(27-26(35-15)23(14-43-27)29(40)41)20-10-18(31)3-6-25(20)42-8-7-38-16(2)36-24-5-4-19(11-22(24)28(38)39)37-12-17(13-37)30(32,33)34/h15,17-21,23,25-27,35H,3-14H2,1-2H3,(H,40,41). The Kier molecular flexibility index (Phi) is 9.16. The van der Waals surface area contributed by atoms with E-state index in [-0.39, 0.29) is 59.4 Å². The van der Waals surface area contributed by atoms with E-state index in [1.165, 1.54) is 0 Å². The number of aromatic nitrogens is 2.